The molecule has 2 heterocycles. The second-order valence-corrected chi connectivity index (χ2v) is 5.00. The van der Waals surface area contributed by atoms with Crippen LogP contribution < -0.4 is 5.43 Å². The molecule has 2 N–H and O–H groups in total. The Hall–Kier alpha value is -3.43. The van der Waals surface area contributed by atoms with Crippen LogP contribution in [0.2, 0.25) is 0 Å². The normalized spacial score (nSPS) is 11.5. The first-order valence-electron chi connectivity index (χ1n) is 6.82. The van der Waals surface area contributed by atoms with Gasteiger partial charge in [0.2, 0.25) is 0 Å². The van der Waals surface area contributed by atoms with Crippen molar-refractivity contribution in [3.8, 4) is 0 Å². The molecule has 0 saturated heterocycles. The van der Waals surface area contributed by atoms with Crippen LogP contribution in [-0.2, 0) is 6.18 Å². The minimum absolute atomic E-state index is 0.0172. The molecule has 10 heteroatoms. The Morgan fingerprint density at radius 2 is 1.92 bits per heavy atom. The van der Waals surface area contributed by atoms with Crippen molar-refractivity contribution in [1.29, 1.82) is 0 Å². The van der Waals surface area contributed by atoms with Gasteiger partial charge in [-0.3, -0.25) is 4.79 Å². The molecule has 0 radical (unpaired) electrons. The molecule has 0 bridgehead atoms. The van der Waals surface area contributed by atoms with Gasteiger partial charge in [0.15, 0.2) is 0 Å². The number of carboxylic acids is 1. The van der Waals surface area contributed by atoms with Crippen molar-refractivity contribution < 1.29 is 27.9 Å². The Bertz CT molecular complexity index is 982. The fourth-order valence-electron chi connectivity index (χ4n) is 2.09. The van der Waals surface area contributed by atoms with E-state index in [-0.39, 0.29) is 5.56 Å². The van der Waals surface area contributed by atoms with Crippen LogP contribution in [0.4, 0.5) is 13.2 Å². The van der Waals surface area contributed by atoms with E-state index in [0.717, 1.165) is 23.0 Å². The summed E-state index contributed by atoms with van der Waals surface area (Å²) in [6, 6.07) is 7.14. The lowest BCUT2D eigenvalue weighted by atomic mass is 10.2. The third-order valence-electron chi connectivity index (χ3n) is 3.24. The van der Waals surface area contributed by atoms with E-state index in [1.165, 1.54) is 24.4 Å². The molecule has 0 saturated carbocycles. The zero-order valence-electron chi connectivity index (χ0n) is 12.3. The molecule has 2 aromatic heterocycles. The Labute approximate surface area is 137 Å². The van der Waals surface area contributed by atoms with Crippen molar-refractivity contribution in [3.63, 3.8) is 0 Å². The van der Waals surface area contributed by atoms with E-state index in [9.17, 15) is 22.8 Å². The van der Waals surface area contributed by atoms with Crippen LogP contribution in [-0.4, -0.2) is 31.9 Å². The summed E-state index contributed by atoms with van der Waals surface area (Å²) in [5, 5.41) is 13.4. The predicted octanol–water partition coefficient (Wildman–Crippen LogP) is 2.53. The van der Waals surface area contributed by atoms with Gasteiger partial charge in [0.05, 0.1) is 17.3 Å². The molecule has 1 aromatic carbocycles. The number of aromatic carboxylic acids is 1. The van der Waals surface area contributed by atoms with E-state index in [0.29, 0.717) is 10.9 Å². The van der Waals surface area contributed by atoms with Crippen molar-refractivity contribution in [1.82, 2.24) is 14.9 Å². The summed E-state index contributed by atoms with van der Waals surface area (Å²) >= 11 is 0. The smallest absolute Gasteiger partial charge is 0.433 e. The van der Waals surface area contributed by atoms with E-state index in [4.69, 9.17) is 5.11 Å². The lowest BCUT2D eigenvalue weighted by Crippen LogP contribution is -2.25. The molecule has 0 aliphatic heterocycles. The first kappa shape index (κ1) is 16.4. The Balaban J connectivity index is 1.86. The number of hydrogen-bond acceptors (Lipinski definition) is 4. The topological polar surface area (TPSA) is 97.1 Å². The Kier molecular flexibility index (Phi) is 3.87. The highest BCUT2D eigenvalue weighted by atomic mass is 19.4. The van der Waals surface area contributed by atoms with Crippen LogP contribution in [0, 0.1) is 0 Å². The van der Waals surface area contributed by atoms with Crippen molar-refractivity contribution in [2.45, 2.75) is 6.18 Å². The van der Waals surface area contributed by atoms with E-state index in [2.05, 4.69) is 15.5 Å². The molecule has 3 aromatic rings. The summed E-state index contributed by atoms with van der Waals surface area (Å²) in [5.41, 5.74) is 0.971. The second kappa shape index (κ2) is 5.89. The number of alkyl halides is 3. The van der Waals surface area contributed by atoms with Crippen molar-refractivity contribution in [2.75, 3.05) is 5.43 Å². The molecule has 1 amide bonds. The fourth-order valence-corrected chi connectivity index (χ4v) is 2.09. The first-order chi connectivity index (χ1) is 11.7. The van der Waals surface area contributed by atoms with Gasteiger partial charge in [-0.1, -0.05) is 12.1 Å². The summed E-state index contributed by atoms with van der Waals surface area (Å²) in [5.74, 6) is -2.02. The van der Waals surface area contributed by atoms with Gasteiger partial charge in [-0.25, -0.2) is 15.2 Å². The highest BCUT2D eigenvalue weighted by Gasteiger charge is 2.32. The lowest BCUT2D eigenvalue weighted by molar-refractivity contribution is -0.141. The molecule has 7 nitrogen and oxygen atoms in total. The van der Waals surface area contributed by atoms with Crippen LogP contribution in [0.25, 0.3) is 10.9 Å². The van der Waals surface area contributed by atoms with E-state index in [1.807, 2.05) is 0 Å². The minimum Gasteiger partial charge on any atom is -0.478 e. The average Bonchev–Trinajstić information content (AvgIpc) is 2.95. The standard InChI is InChI=1S/C15H9F3N4O3/c16-15(17,18)12-3-1-2-10(19-12)13(23)21-22-7-9-5-4-8(14(24)25)6-11(9)20-22/h1-7H,(H,21,23)(H,24,25). The molecule has 0 unspecified atom stereocenters. The number of pyridine rings is 1. The van der Waals surface area contributed by atoms with Gasteiger partial charge in [0.1, 0.15) is 11.4 Å². The first-order valence-corrected chi connectivity index (χ1v) is 6.82. The van der Waals surface area contributed by atoms with Gasteiger partial charge in [-0.05, 0) is 24.3 Å². The predicted molar refractivity (Wildman–Crippen MR) is 79.6 cm³/mol. The van der Waals surface area contributed by atoms with Crippen molar-refractivity contribution in [2.24, 2.45) is 0 Å². The summed E-state index contributed by atoms with van der Waals surface area (Å²) in [6.45, 7) is 0. The largest absolute Gasteiger partial charge is 0.478 e. The summed E-state index contributed by atoms with van der Waals surface area (Å²) in [7, 11) is 0. The highest BCUT2D eigenvalue weighted by Crippen LogP contribution is 2.27. The van der Waals surface area contributed by atoms with E-state index >= 15 is 0 Å². The monoisotopic (exact) mass is 350 g/mol. The number of carbonyl (C=O) groups is 2. The third-order valence-corrected chi connectivity index (χ3v) is 3.24. The zero-order valence-corrected chi connectivity index (χ0v) is 12.3. The number of halogens is 3. The number of nitrogens with zero attached hydrogens (tertiary/aromatic N) is 3. The molecule has 128 valence electrons. The zero-order chi connectivity index (χ0) is 18.2. The van der Waals surface area contributed by atoms with Gasteiger partial charge in [0, 0.05) is 5.39 Å². The summed E-state index contributed by atoms with van der Waals surface area (Å²) in [4.78, 5) is 27.2. The van der Waals surface area contributed by atoms with Gasteiger partial charge in [-0.15, -0.1) is 0 Å². The number of aromatic nitrogens is 3. The third kappa shape index (κ3) is 3.42. The van der Waals surface area contributed by atoms with Gasteiger partial charge in [-0.2, -0.15) is 23.1 Å². The minimum atomic E-state index is -4.66. The van der Waals surface area contributed by atoms with Gasteiger partial charge < -0.3 is 5.11 Å². The molecular formula is C15H9F3N4O3. The number of amides is 1. The highest BCUT2D eigenvalue weighted by molar-refractivity contribution is 5.98. The maximum Gasteiger partial charge on any atom is 0.433 e. The molecule has 0 atom stereocenters. The second-order valence-electron chi connectivity index (χ2n) is 5.00. The van der Waals surface area contributed by atoms with E-state index in [1.54, 1.807) is 0 Å². The van der Waals surface area contributed by atoms with Crippen LogP contribution in [0.1, 0.15) is 26.5 Å². The van der Waals surface area contributed by atoms with Crippen molar-refractivity contribution >= 4 is 22.8 Å². The number of carboxylic acid groups (broad SMARTS) is 1. The van der Waals surface area contributed by atoms with Gasteiger partial charge >= 0.3 is 12.1 Å². The number of carbonyl (C=O) groups excluding carboxylic acids is 1. The molecule has 0 fully saturated rings. The van der Waals surface area contributed by atoms with Gasteiger partial charge in [0.25, 0.3) is 5.91 Å². The number of hydrogen-bond donors (Lipinski definition) is 2. The molecule has 0 aliphatic rings. The quantitative estimate of drug-likeness (QED) is 0.757. The Morgan fingerprint density at radius 3 is 2.60 bits per heavy atom. The van der Waals surface area contributed by atoms with Crippen LogP contribution >= 0.6 is 0 Å². The molecular weight excluding hydrogens is 341 g/mol. The molecule has 3 rings (SSSR count). The van der Waals surface area contributed by atoms with Crippen LogP contribution in [0.15, 0.2) is 42.6 Å². The maximum absolute atomic E-state index is 12.6. The number of fused-ring (bicyclic) bond motifs is 1. The molecule has 25 heavy (non-hydrogen) atoms. The average molecular weight is 350 g/mol. The molecule has 0 aliphatic carbocycles. The SMILES string of the molecule is O=C(O)c1ccc2cn(NC(=O)c3cccc(C(F)(F)F)n3)nc2c1. The van der Waals surface area contributed by atoms with Crippen molar-refractivity contribution in [3.05, 3.63) is 59.5 Å². The lowest BCUT2D eigenvalue weighted by Gasteiger charge is -2.08. The van der Waals surface area contributed by atoms with E-state index < -0.39 is 29.4 Å². The van der Waals surface area contributed by atoms with Crippen LogP contribution in [0.5, 0.6) is 0 Å². The number of benzene rings is 1. The maximum atomic E-state index is 12.6. The molecule has 0 spiro atoms. The summed E-state index contributed by atoms with van der Waals surface area (Å²) in [6.07, 6.45) is -3.27. The summed E-state index contributed by atoms with van der Waals surface area (Å²) < 4.78 is 37.9. The fraction of sp³-hybridized carbons (Fsp3) is 0.0667. The number of nitrogens with one attached hydrogen (secondary N) is 1. The Morgan fingerprint density at radius 1 is 1.16 bits per heavy atom. The number of rotatable bonds is 3. The van der Waals surface area contributed by atoms with Crippen LogP contribution in [0.3, 0.4) is 0 Å².